The van der Waals surface area contributed by atoms with Crippen LogP contribution in [0.2, 0.25) is 5.02 Å². The zero-order valence-corrected chi connectivity index (χ0v) is 18.9. The third-order valence-electron chi connectivity index (χ3n) is 4.62. The van der Waals surface area contributed by atoms with Gasteiger partial charge in [-0.2, -0.15) is 0 Å². The number of rotatable bonds is 6. The summed E-state index contributed by atoms with van der Waals surface area (Å²) in [4.78, 5) is 25.0. The van der Waals surface area contributed by atoms with Crippen molar-refractivity contribution in [2.24, 2.45) is 0 Å². The third kappa shape index (κ3) is 6.51. The van der Waals surface area contributed by atoms with Crippen LogP contribution in [0.15, 0.2) is 84.9 Å². The number of amides is 2. The van der Waals surface area contributed by atoms with Gasteiger partial charge in [0.15, 0.2) is 5.11 Å². The van der Waals surface area contributed by atoms with Crippen LogP contribution in [0.1, 0.15) is 34.5 Å². The van der Waals surface area contributed by atoms with E-state index in [9.17, 15) is 9.59 Å². The normalized spacial score (nSPS) is 11.6. The molecule has 0 radical (unpaired) electrons. The van der Waals surface area contributed by atoms with Gasteiger partial charge >= 0.3 is 0 Å². The van der Waals surface area contributed by atoms with Gasteiger partial charge in [0.2, 0.25) is 5.91 Å². The van der Waals surface area contributed by atoms with Gasteiger partial charge in [-0.15, -0.1) is 0 Å². The minimum absolute atomic E-state index is 0.0789. The van der Waals surface area contributed by atoms with Gasteiger partial charge in [0.05, 0.1) is 17.3 Å². The first kappa shape index (κ1) is 23.2. The third-order valence-corrected chi connectivity index (χ3v) is 5.17. The molecule has 0 heterocycles. The zero-order chi connectivity index (χ0) is 22.9. The Kier molecular flexibility index (Phi) is 8.14. The van der Waals surface area contributed by atoms with E-state index in [1.54, 1.807) is 42.5 Å². The number of carbonyl (C=O) groups excluding carboxylic acids is 2. The van der Waals surface area contributed by atoms with E-state index in [0.29, 0.717) is 16.3 Å². The van der Waals surface area contributed by atoms with E-state index < -0.39 is 5.91 Å². The highest BCUT2D eigenvalue weighted by Crippen LogP contribution is 2.18. The predicted molar refractivity (Wildman–Crippen MR) is 134 cm³/mol. The maximum Gasteiger partial charge on any atom is 0.253 e. The Morgan fingerprint density at radius 1 is 0.938 bits per heavy atom. The van der Waals surface area contributed by atoms with Crippen LogP contribution >= 0.6 is 23.8 Å². The van der Waals surface area contributed by atoms with Gasteiger partial charge in [-0.1, -0.05) is 72.3 Å². The summed E-state index contributed by atoms with van der Waals surface area (Å²) in [6, 6.07) is 23.7. The summed E-state index contributed by atoms with van der Waals surface area (Å²) in [5.41, 5.74) is 2.63. The average molecular weight is 464 g/mol. The highest BCUT2D eigenvalue weighted by atomic mass is 35.5. The van der Waals surface area contributed by atoms with Crippen molar-refractivity contribution in [2.75, 3.05) is 5.32 Å². The highest BCUT2D eigenvalue weighted by molar-refractivity contribution is 7.80. The number of carbonyl (C=O) groups is 2. The number of anilines is 1. The molecular weight excluding hydrogens is 442 g/mol. The molecule has 32 heavy (non-hydrogen) atoms. The Hall–Kier alpha value is -3.48. The lowest BCUT2D eigenvalue weighted by Crippen LogP contribution is -2.34. The van der Waals surface area contributed by atoms with Gasteiger partial charge in [0.25, 0.3) is 5.91 Å². The highest BCUT2D eigenvalue weighted by Gasteiger charge is 2.15. The Morgan fingerprint density at radius 2 is 1.59 bits per heavy atom. The van der Waals surface area contributed by atoms with E-state index in [1.807, 2.05) is 49.4 Å². The van der Waals surface area contributed by atoms with Gasteiger partial charge in [-0.05, 0) is 54.5 Å². The molecule has 0 fully saturated rings. The van der Waals surface area contributed by atoms with Gasteiger partial charge < -0.3 is 10.6 Å². The Balaban J connectivity index is 1.62. The standard InChI is InChI=1S/C25H22ClN3O2S/c1-17(18-9-3-2-4-10-18)27-24(31)20-12-6-8-14-22(20)28-25(32)29-23(30)16-15-19-11-5-7-13-21(19)26/h2-17H,1H3,(H,27,31)(H2,28,29,30,32). The molecule has 0 aliphatic rings. The van der Waals surface area contributed by atoms with E-state index >= 15 is 0 Å². The molecule has 3 rings (SSSR count). The molecule has 3 N–H and O–H groups in total. The van der Waals surface area contributed by atoms with Crippen LogP contribution in [0.25, 0.3) is 6.08 Å². The summed E-state index contributed by atoms with van der Waals surface area (Å²) < 4.78 is 0. The van der Waals surface area contributed by atoms with Crippen LogP contribution in [-0.2, 0) is 4.79 Å². The van der Waals surface area contributed by atoms with E-state index in [1.165, 1.54) is 6.08 Å². The second kappa shape index (κ2) is 11.2. The van der Waals surface area contributed by atoms with E-state index in [4.69, 9.17) is 23.8 Å². The molecule has 2 amide bonds. The van der Waals surface area contributed by atoms with Crippen molar-refractivity contribution < 1.29 is 9.59 Å². The molecule has 1 atom stereocenters. The molecular formula is C25H22ClN3O2S. The lowest BCUT2D eigenvalue weighted by Gasteiger charge is -2.17. The summed E-state index contributed by atoms with van der Waals surface area (Å²) in [5, 5.41) is 9.09. The first-order valence-electron chi connectivity index (χ1n) is 9.93. The number of hydrogen-bond donors (Lipinski definition) is 3. The minimum atomic E-state index is -0.415. The van der Waals surface area contributed by atoms with E-state index in [-0.39, 0.29) is 17.1 Å². The molecule has 7 heteroatoms. The maximum atomic E-state index is 12.8. The van der Waals surface area contributed by atoms with Gasteiger partial charge in [-0.3, -0.25) is 14.9 Å². The van der Waals surface area contributed by atoms with E-state index in [0.717, 1.165) is 11.1 Å². The van der Waals surface area contributed by atoms with Crippen LogP contribution in [0.4, 0.5) is 5.69 Å². The summed E-state index contributed by atoms with van der Waals surface area (Å²) in [6.07, 6.45) is 2.95. The topological polar surface area (TPSA) is 70.2 Å². The Morgan fingerprint density at radius 3 is 2.34 bits per heavy atom. The molecule has 5 nitrogen and oxygen atoms in total. The molecule has 0 aliphatic carbocycles. The van der Waals surface area contributed by atoms with Crippen molar-refractivity contribution >= 4 is 52.5 Å². The molecule has 162 valence electrons. The van der Waals surface area contributed by atoms with Gasteiger partial charge in [0.1, 0.15) is 0 Å². The Bertz CT molecular complexity index is 1150. The molecule has 0 aromatic heterocycles. The van der Waals surface area contributed by atoms with Crippen LogP contribution in [0.3, 0.4) is 0 Å². The average Bonchev–Trinajstić information content (AvgIpc) is 2.79. The molecule has 3 aromatic rings. The number of hydrogen-bond acceptors (Lipinski definition) is 3. The molecule has 0 saturated heterocycles. The molecule has 1 unspecified atom stereocenters. The number of para-hydroxylation sites is 1. The summed E-state index contributed by atoms with van der Waals surface area (Å²) >= 11 is 11.3. The quantitative estimate of drug-likeness (QED) is 0.340. The van der Waals surface area contributed by atoms with Crippen molar-refractivity contribution in [1.82, 2.24) is 10.6 Å². The number of nitrogens with one attached hydrogen (secondary N) is 3. The molecule has 0 spiro atoms. The monoisotopic (exact) mass is 463 g/mol. The summed E-state index contributed by atoms with van der Waals surface area (Å²) in [6.45, 7) is 1.92. The SMILES string of the molecule is CC(NC(=O)c1ccccc1NC(=S)NC(=O)C=Cc1ccccc1Cl)c1ccccc1. The van der Waals surface area contributed by atoms with E-state index in [2.05, 4.69) is 16.0 Å². The molecule has 3 aromatic carbocycles. The number of benzene rings is 3. The van der Waals surface area contributed by atoms with Gasteiger partial charge in [0, 0.05) is 11.1 Å². The maximum absolute atomic E-state index is 12.8. The van der Waals surface area contributed by atoms with Crippen LogP contribution < -0.4 is 16.0 Å². The van der Waals surface area contributed by atoms with Crippen molar-refractivity contribution in [2.45, 2.75) is 13.0 Å². The Labute approximate surface area is 197 Å². The number of halogens is 1. The van der Waals surface area contributed by atoms with Gasteiger partial charge in [-0.25, -0.2) is 0 Å². The fraction of sp³-hybridized carbons (Fsp3) is 0.0800. The molecule has 0 bridgehead atoms. The lowest BCUT2D eigenvalue weighted by molar-refractivity contribution is -0.115. The predicted octanol–water partition coefficient (Wildman–Crippen LogP) is 5.36. The fourth-order valence-electron chi connectivity index (χ4n) is 2.97. The number of thiocarbonyl (C=S) groups is 1. The second-order valence-electron chi connectivity index (χ2n) is 6.95. The first-order chi connectivity index (χ1) is 15.4. The van der Waals surface area contributed by atoms with Crippen molar-refractivity contribution in [1.29, 1.82) is 0 Å². The molecule has 0 aliphatic heterocycles. The minimum Gasteiger partial charge on any atom is -0.345 e. The smallest absolute Gasteiger partial charge is 0.253 e. The lowest BCUT2D eigenvalue weighted by atomic mass is 10.1. The largest absolute Gasteiger partial charge is 0.345 e. The summed E-state index contributed by atoms with van der Waals surface area (Å²) in [7, 11) is 0. The van der Waals surface area contributed by atoms with Crippen LogP contribution in [0.5, 0.6) is 0 Å². The van der Waals surface area contributed by atoms with Crippen LogP contribution in [-0.4, -0.2) is 16.9 Å². The van der Waals surface area contributed by atoms with Crippen molar-refractivity contribution in [3.8, 4) is 0 Å². The van der Waals surface area contributed by atoms with Crippen LogP contribution in [0, 0.1) is 0 Å². The zero-order valence-electron chi connectivity index (χ0n) is 17.3. The molecule has 0 saturated carbocycles. The summed E-state index contributed by atoms with van der Waals surface area (Å²) in [5.74, 6) is -0.667. The fourth-order valence-corrected chi connectivity index (χ4v) is 3.38. The first-order valence-corrected chi connectivity index (χ1v) is 10.7. The van der Waals surface area contributed by atoms with Crippen molar-refractivity contribution in [3.63, 3.8) is 0 Å². The van der Waals surface area contributed by atoms with Crippen molar-refractivity contribution in [3.05, 3.63) is 107 Å². The second-order valence-corrected chi connectivity index (χ2v) is 7.77.